The molecule has 0 aliphatic heterocycles. The van der Waals surface area contributed by atoms with E-state index in [1.165, 1.54) is 15.0 Å². The molecule has 1 aromatic carbocycles. The summed E-state index contributed by atoms with van der Waals surface area (Å²) in [4.78, 5) is 5.65. The molecule has 0 radical (unpaired) electrons. The van der Waals surface area contributed by atoms with Crippen LogP contribution in [0.15, 0.2) is 48.0 Å². The van der Waals surface area contributed by atoms with E-state index in [2.05, 4.69) is 30.1 Å². The SMILES string of the molecule is Cc1cc2ccc(Oc3ccnc4ccsc34)cc2s1. The Morgan fingerprint density at radius 2 is 2.05 bits per heavy atom. The molecule has 0 spiro atoms. The summed E-state index contributed by atoms with van der Waals surface area (Å²) in [5, 5.41) is 3.31. The zero-order valence-corrected chi connectivity index (χ0v) is 12.4. The maximum Gasteiger partial charge on any atom is 0.148 e. The van der Waals surface area contributed by atoms with Gasteiger partial charge < -0.3 is 4.74 Å². The third-order valence-electron chi connectivity index (χ3n) is 3.15. The molecule has 3 aromatic heterocycles. The van der Waals surface area contributed by atoms with Crippen LogP contribution in [0.1, 0.15) is 4.88 Å². The van der Waals surface area contributed by atoms with E-state index in [4.69, 9.17) is 4.74 Å². The second-order valence-electron chi connectivity index (χ2n) is 4.60. The van der Waals surface area contributed by atoms with Crippen LogP contribution in [-0.4, -0.2) is 4.98 Å². The fraction of sp³-hybridized carbons (Fsp3) is 0.0625. The van der Waals surface area contributed by atoms with E-state index in [9.17, 15) is 0 Å². The van der Waals surface area contributed by atoms with Crippen molar-refractivity contribution in [3.8, 4) is 11.5 Å². The fourth-order valence-electron chi connectivity index (χ4n) is 2.26. The number of hydrogen-bond donors (Lipinski definition) is 0. The molecule has 4 aromatic rings. The van der Waals surface area contributed by atoms with Gasteiger partial charge in [-0.15, -0.1) is 22.7 Å². The predicted molar refractivity (Wildman–Crippen MR) is 86.3 cm³/mol. The minimum Gasteiger partial charge on any atom is -0.456 e. The first-order valence-electron chi connectivity index (χ1n) is 6.30. The second-order valence-corrected chi connectivity index (χ2v) is 6.81. The molecule has 20 heavy (non-hydrogen) atoms. The van der Waals surface area contributed by atoms with Crippen LogP contribution < -0.4 is 4.74 Å². The molecule has 0 saturated carbocycles. The Labute approximate surface area is 124 Å². The van der Waals surface area contributed by atoms with Gasteiger partial charge in [0, 0.05) is 21.8 Å². The number of aromatic nitrogens is 1. The Bertz CT molecular complexity index is 907. The first-order chi connectivity index (χ1) is 9.79. The van der Waals surface area contributed by atoms with Gasteiger partial charge in [-0.25, -0.2) is 0 Å². The van der Waals surface area contributed by atoms with Gasteiger partial charge in [-0.05, 0) is 48.0 Å². The van der Waals surface area contributed by atoms with Crippen LogP contribution >= 0.6 is 22.7 Å². The highest BCUT2D eigenvalue weighted by atomic mass is 32.1. The lowest BCUT2D eigenvalue weighted by molar-refractivity contribution is 0.489. The van der Waals surface area contributed by atoms with Gasteiger partial charge in [0.25, 0.3) is 0 Å². The number of aryl methyl sites for hydroxylation is 1. The van der Waals surface area contributed by atoms with E-state index in [0.717, 1.165) is 21.7 Å². The summed E-state index contributed by atoms with van der Waals surface area (Å²) in [6.45, 7) is 2.13. The number of rotatable bonds is 2. The molecule has 0 saturated heterocycles. The average molecular weight is 297 g/mol. The maximum atomic E-state index is 6.04. The molecule has 0 amide bonds. The Kier molecular flexibility index (Phi) is 2.72. The van der Waals surface area contributed by atoms with E-state index in [-0.39, 0.29) is 0 Å². The highest BCUT2D eigenvalue weighted by Crippen LogP contribution is 2.35. The van der Waals surface area contributed by atoms with Crippen LogP contribution in [0.5, 0.6) is 11.5 Å². The predicted octanol–water partition coefficient (Wildman–Crippen LogP) is 5.61. The van der Waals surface area contributed by atoms with Gasteiger partial charge in [-0.1, -0.05) is 0 Å². The lowest BCUT2D eigenvalue weighted by Crippen LogP contribution is -1.84. The van der Waals surface area contributed by atoms with Crippen LogP contribution in [0.25, 0.3) is 20.3 Å². The quantitative estimate of drug-likeness (QED) is 0.479. The monoisotopic (exact) mass is 297 g/mol. The summed E-state index contributed by atoms with van der Waals surface area (Å²) in [5.41, 5.74) is 0.987. The number of nitrogens with zero attached hydrogens (tertiary/aromatic N) is 1. The minimum absolute atomic E-state index is 0.873. The maximum absolute atomic E-state index is 6.04. The number of ether oxygens (including phenoxy) is 1. The first kappa shape index (κ1) is 11.9. The lowest BCUT2D eigenvalue weighted by Gasteiger charge is -2.06. The van der Waals surface area contributed by atoms with Crippen molar-refractivity contribution in [2.75, 3.05) is 0 Å². The zero-order valence-electron chi connectivity index (χ0n) is 10.8. The van der Waals surface area contributed by atoms with Gasteiger partial charge in [-0.2, -0.15) is 0 Å². The summed E-state index contributed by atoms with van der Waals surface area (Å²) in [6.07, 6.45) is 1.79. The van der Waals surface area contributed by atoms with Gasteiger partial charge in [0.05, 0.1) is 10.2 Å². The summed E-state index contributed by atoms with van der Waals surface area (Å²) in [7, 11) is 0. The number of thiophene rings is 2. The van der Waals surface area contributed by atoms with Crippen molar-refractivity contribution in [3.63, 3.8) is 0 Å². The molecule has 2 nitrogen and oxygen atoms in total. The molecular weight excluding hydrogens is 286 g/mol. The third-order valence-corrected chi connectivity index (χ3v) is 5.08. The Morgan fingerprint density at radius 1 is 1.10 bits per heavy atom. The molecule has 0 aliphatic rings. The molecule has 0 aliphatic carbocycles. The number of hydrogen-bond acceptors (Lipinski definition) is 4. The summed E-state index contributed by atoms with van der Waals surface area (Å²) in [6, 6.07) is 12.4. The molecule has 0 atom stereocenters. The smallest absolute Gasteiger partial charge is 0.148 e. The van der Waals surface area contributed by atoms with Crippen molar-refractivity contribution >= 4 is 43.0 Å². The minimum atomic E-state index is 0.873. The van der Waals surface area contributed by atoms with E-state index >= 15 is 0 Å². The second kappa shape index (κ2) is 4.58. The normalized spacial score (nSPS) is 11.2. The van der Waals surface area contributed by atoms with Crippen molar-refractivity contribution in [3.05, 3.63) is 52.9 Å². The van der Waals surface area contributed by atoms with Crippen molar-refractivity contribution in [1.82, 2.24) is 4.98 Å². The number of benzene rings is 1. The van der Waals surface area contributed by atoms with Crippen LogP contribution in [-0.2, 0) is 0 Å². The zero-order chi connectivity index (χ0) is 13.5. The fourth-order valence-corrected chi connectivity index (χ4v) is 4.02. The molecule has 98 valence electrons. The molecule has 0 fully saturated rings. The highest BCUT2D eigenvalue weighted by molar-refractivity contribution is 7.19. The Hall–Kier alpha value is -1.91. The molecule has 0 bridgehead atoms. The van der Waals surface area contributed by atoms with Crippen LogP contribution in [0.4, 0.5) is 0 Å². The molecule has 4 heteroatoms. The van der Waals surface area contributed by atoms with Gasteiger partial charge >= 0.3 is 0 Å². The van der Waals surface area contributed by atoms with Gasteiger partial charge in [0.15, 0.2) is 0 Å². The largest absolute Gasteiger partial charge is 0.456 e. The summed E-state index contributed by atoms with van der Waals surface area (Å²) >= 11 is 3.45. The topological polar surface area (TPSA) is 22.1 Å². The molecule has 0 N–H and O–H groups in total. The molecule has 4 rings (SSSR count). The molecule has 3 heterocycles. The van der Waals surface area contributed by atoms with Gasteiger partial charge in [-0.3, -0.25) is 4.98 Å². The molecular formula is C16H11NOS2. The third kappa shape index (κ3) is 1.97. The van der Waals surface area contributed by atoms with E-state index < -0.39 is 0 Å². The average Bonchev–Trinajstić information content (AvgIpc) is 3.03. The Balaban J connectivity index is 1.78. The number of pyridine rings is 1. The number of fused-ring (bicyclic) bond motifs is 2. The van der Waals surface area contributed by atoms with E-state index in [1.807, 2.05) is 23.6 Å². The summed E-state index contributed by atoms with van der Waals surface area (Å²) < 4.78 is 8.40. The molecule has 0 unspecified atom stereocenters. The van der Waals surface area contributed by atoms with Gasteiger partial charge in [0.1, 0.15) is 11.5 Å². The summed E-state index contributed by atoms with van der Waals surface area (Å²) in [5.74, 6) is 1.75. The van der Waals surface area contributed by atoms with Crippen molar-refractivity contribution in [2.45, 2.75) is 6.92 Å². The Morgan fingerprint density at radius 3 is 3.00 bits per heavy atom. The highest BCUT2D eigenvalue weighted by Gasteiger charge is 2.07. The van der Waals surface area contributed by atoms with Crippen molar-refractivity contribution in [1.29, 1.82) is 0 Å². The van der Waals surface area contributed by atoms with E-state index in [1.54, 1.807) is 28.9 Å². The van der Waals surface area contributed by atoms with Crippen molar-refractivity contribution < 1.29 is 4.74 Å². The lowest BCUT2D eigenvalue weighted by atomic mass is 10.2. The van der Waals surface area contributed by atoms with Crippen molar-refractivity contribution in [2.24, 2.45) is 0 Å². The van der Waals surface area contributed by atoms with Crippen LogP contribution in [0, 0.1) is 6.92 Å². The first-order valence-corrected chi connectivity index (χ1v) is 7.99. The van der Waals surface area contributed by atoms with Gasteiger partial charge in [0.2, 0.25) is 0 Å². The standard InChI is InChI=1S/C16H11NOS2/c1-10-8-11-2-3-12(9-15(11)20-10)18-14-4-6-17-13-5-7-19-16(13)14/h2-9H,1H3. The van der Waals surface area contributed by atoms with Crippen LogP contribution in [0.3, 0.4) is 0 Å². The van der Waals surface area contributed by atoms with Crippen LogP contribution in [0.2, 0.25) is 0 Å². The van der Waals surface area contributed by atoms with E-state index in [0.29, 0.717) is 0 Å².